The second kappa shape index (κ2) is 3.36. The zero-order chi connectivity index (χ0) is 7.73. The van der Waals surface area contributed by atoms with Crippen molar-refractivity contribution in [1.82, 2.24) is 0 Å². The van der Waals surface area contributed by atoms with Crippen LogP contribution in [0.2, 0.25) is 0 Å². The number of halogens is 1. The number of hydrogen-bond acceptors (Lipinski definition) is 3. The Morgan fingerprint density at radius 1 is 1.45 bits per heavy atom. The fourth-order valence-electron chi connectivity index (χ4n) is 1.16. The van der Waals surface area contributed by atoms with Crippen molar-refractivity contribution in [3.63, 3.8) is 0 Å². The Labute approximate surface area is 80.6 Å². The average molecular weight is 211 g/mol. The molecule has 2 fully saturated rings. The molecule has 2 heterocycles. The van der Waals surface area contributed by atoms with Crippen molar-refractivity contribution in [1.29, 1.82) is 0 Å². The second-order valence-corrected chi connectivity index (χ2v) is 5.91. The Morgan fingerprint density at radius 2 is 2.09 bits per heavy atom. The van der Waals surface area contributed by atoms with Gasteiger partial charge in [-0.1, -0.05) is 0 Å². The van der Waals surface area contributed by atoms with Gasteiger partial charge in [0.05, 0.1) is 17.1 Å². The van der Waals surface area contributed by atoms with Gasteiger partial charge in [0.1, 0.15) is 5.60 Å². The molecule has 1 atom stereocenters. The molecule has 0 radical (unpaired) electrons. The van der Waals surface area contributed by atoms with Crippen molar-refractivity contribution in [2.24, 2.45) is 0 Å². The van der Waals surface area contributed by atoms with E-state index in [-0.39, 0.29) is 5.60 Å². The van der Waals surface area contributed by atoms with Crippen molar-refractivity contribution in [3.8, 4) is 0 Å². The Bertz CT molecular complexity index is 143. The molecule has 0 aromatic heterocycles. The summed E-state index contributed by atoms with van der Waals surface area (Å²) >= 11 is 9.86. The van der Waals surface area contributed by atoms with E-state index in [9.17, 15) is 0 Å². The minimum Gasteiger partial charge on any atom is -0.366 e. The number of hydrogen-bond donors (Lipinski definition) is 0. The third kappa shape index (κ3) is 1.67. The van der Waals surface area contributed by atoms with Crippen LogP contribution in [-0.2, 0) is 4.74 Å². The first kappa shape index (κ1) is 8.54. The van der Waals surface area contributed by atoms with E-state index in [1.807, 2.05) is 23.5 Å². The van der Waals surface area contributed by atoms with E-state index in [4.69, 9.17) is 16.3 Å². The summed E-state index contributed by atoms with van der Waals surface area (Å²) in [5.74, 6) is 3.22. The fraction of sp³-hybridized carbons (Fsp3) is 1.00. The molecule has 2 aliphatic rings. The first-order valence-corrected chi connectivity index (χ1v) is 6.44. The lowest BCUT2D eigenvalue weighted by Gasteiger charge is -2.25. The van der Waals surface area contributed by atoms with Crippen molar-refractivity contribution < 1.29 is 4.74 Å². The van der Waals surface area contributed by atoms with Gasteiger partial charge in [0, 0.05) is 0 Å². The molecule has 64 valence electrons. The van der Waals surface area contributed by atoms with Crippen LogP contribution in [-0.4, -0.2) is 34.2 Å². The van der Waals surface area contributed by atoms with Gasteiger partial charge in [-0.05, 0) is 17.9 Å². The Hall–Kier alpha value is 0.950. The van der Waals surface area contributed by atoms with E-state index in [2.05, 4.69) is 0 Å². The minimum absolute atomic E-state index is 0.0529. The molecule has 1 unspecified atom stereocenters. The van der Waals surface area contributed by atoms with Gasteiger partial charge in [-0.3, -0.25) is 0 Å². The highest BCUT2D eigenvalue weighted by Gasteiger charge is 2.51. The van der Waals surface area contributed by atoms with E-state index >= 15 is 0 Å². The predicted octanol–water partition coefficient (Wildman–Crippen LogP) is 2.19. The monoisotopic (exact) mass is 210 g/mol. The normalized spacial score (nSPS) is 39.0. The van der Waals surface area contributed by atoms with Crippen LogP contribution < -0.4 is 0 Å². The van der Waals surface area contributed by atoms with E-state index in [0.29, 0.717) is 10.5 Å². The maximum atomic E-state index is 5.84. The third-order valence-electron chi connectivity index (χ3n) is 2.00. The van der Waals surface area contributed by atoms with E-state index < -0.39 is 0 Å². The standard InChI is InChI=1S/C7H11ClOS2/c8-4-7(5-9-7)6-10-2-1-3-11-6/h6H,1-5H2. The van der Waals surface area contributed by atoms with Crippen molar-refractivity contribution >= 4 is 35.1 Å². The molecule has 0 aromatic rings. The summed E-state index contributed by atoms with van der Waals surface area (Å²) in [4.78, 5) is 0. The van der Waals surface area contributed by atoms with Crippen LogP contribution in [0.1, 0.15) is 6.42 Å². The van der Waals surface area contributed by atoms with Gasteiger partial charge in [0.15, 0.2) is 0 Å². The highest BCUT2D eigenvalue weighted by molar-refractivity contribution is 8.17. The Kier molecular flexibility index (Phi) is 2.61. The van der Waals surface area contributed by atoms with Crippen LogP contribution in [0.4, 0.5) is 0 Å². The maximum Gasteiger partial charge on any atom is 0.126 e. The van der Waals surface area contributed by atoms with Gasteiger partial charge in [-0.15, -0.1) is 35.1 Å². The molecule has 0 spiro atoms. The maximum absolute atomic E-state index is 5.84. The van der Waals surface area contributed by atoms with Gasteiger partial charge in [0.2, 0.25) is 0 Å². The molecular formula is C7H11ClOS2. The van der Waals surface area contributed by atoms with Gasteiger partial charge < -0.3 is 4.74 Å². The predicted molar refractivity (Wildman–Crippen MR) is 52.7 cm³/mol. The zero-order valence-corrected chi connectivity index (χ0v) is 8.60. The van der Waals surface area contributed by atoms with Crippen molar-refractivity contribution in [2.75, 3.05) is 24.0 Å². The van der Waals surface area contributed by atoms with Crippen molar-refractivity contribution in [2.45, 2.75) is 16.6 Å². The number of rotatable bonds is 2. The summed E-state index contributed by atoms with van der Waals surface area (Å²) < 4.78 is 6.02. The summed E-state index contributed by atoms with van der Waals surface area (Å²) in [5, 5.41) is 0. The lowest BCUT2D eigenvalue weighted by Crippen LogP contribution is -2.28. The molecule has 0 amide bonds. The van der Waals surface area contributed by atoms with Gasteiger partial charge in [0.25, 0.3) is 0 Å². The molecule has 2 saturated heterocycles. The molecule has 0 N–H and O–H groups in total. The van der Waals surface area contributed by atoms with Crippen LogP contribution in [0.25, 0.3) is 0 Å². The van der Waals surface area contributed by atoms with Gasteiger partial charge >= 0.3 is 0 Å². The molecule has 0 saturated carbocycles. The van der Waals surface area contributed by atoms with E-state index in [1.54, 1.807) is 0 Å². The zero-order valence-electron chi connectivity index (χ0n) is 6.22. The highest BCUT2D eigenvalue weighted by Crippen LogP contribution is 2.47. The van der Waals surface area contributed by atoms with Gasteiger partial charge in [-0.25, -0.2) is 0 Å². The second-order valence-electron chi connectivity index (χ2n) is 2.91. The average Bonchev–Trinajstić information content (AvgIpc) is 2.86. The number of ether oxygens (including phenoxy) is 1. The molecule has 4 heteroatoms. The SMILES string of the molecule is ClCC1(C2SCCCS2)CO1. The lowest BCUT2D eigenvalue weighted by molar-refractivity contribution is 0.343. The van der Waals surface area contributed by atoms with Crippen molar-refractivity contribution in [3.05, 3.63) is 0 Å². The topological polar surface area (TPSA) is 12.5 Å². The first-order chi connectivity index (χ1) is 5.37. The largest absolute Gasteiger partial charge is 0.366 e. The molecule has 0 bridgehead atoms. The summed E-state index contributed by atoms with van der Waals surface area (Å²) in [6.07, 6.45) is 1.34. The van der Waals surface area contributed by atoms with Crippen LogP contribution >= 0.6 is 35.1 Å². The first-order valence-electron chi connectivity index (χ1n) is 3.80. The molecule has 1 nitrogen and oxygen atoms in total. The van der Waals surface area contributed by atoms with Crippen LogP contribution in [0.5, 0.6) is 0 Å². The summed E-state index contributed by atoms with van der Waals surface area (Å²) in [6.45, 7) is 0.876. The molecule has 2 rings (SSSR count). The number of epoxide rings is 1. The lowest BCUT2D eigenvalue weighted by atomic mass is 10.2. The van der Waals surface area contributed by atoms with E-state index in [1.165, 1.54) is 17.9 Å². The summed E-state index contributed by atoms with van der Waals surface area (Å²) in [6, 6.07) is 0. The van der Waals surface area contributed by atoms with Crippen LogP contribution in [0.15, 0.2) is 0 Å². The van der Waals surface area contributed by atoms with E-state index in [0.717, 1.165) is 6.61 Å². The summed E-state index contributed by atoms with van der Waals surface area (Å²) in [7, 11) is 0. The van der Waals surface area contributed by atoms with Gasteiger partial charge in [-0.2, -0.15) is 0 Å². The smallest absolute Gasteiger partial charge is 0.126 e. The third-order valence-corrected chi connectivity index (χ3v) is 5.78. The number of alkyl halides is 1. The molecular weight excluding hydrogens is 200 g/mol. The minimum atomic E-state index is 0.0529. The summed E-state index contributed by atoms with van der Waals surface area (Å²) in [5.41, 5.74) is 0.0529. The quantitative estimate of drug-likeness (QED) is 0.512. The van der Waals surface area contributed by atoms with Crippen LogP contribution in [0, 0.1) is 0 Å². The molecule has 11 heavy (non-hydrogen) atoms. The fourth-order valence-corrected chi connectivity index (χ4v) is 4.89. The highest BCUT2D eigenvalue weighted by atomic mass is 35.5. The molecule has 2 aliphatic heterocycles. The van der Waals surface area contributed by atoms with Crippen LogP contribution in [0.3, 0.4) is 0 Å². The Morgan fingerprint density at radius 3 is 2.55 bits per heavy atom. The Balaban J connectivity index is 1.92. The molecule has 0 aromatic carbocycles. The molecule has 0 aliphatic carbocycles. The number of thioether (sulfide) groups is 2.